The zero-order valence-corrected chi connectivity index (χ0v) is 12.2. The van der Waals surface area contributed by atoms with Gasteiger partial charge in [-0.05, 0) is 43.5 Å². The molecule has 21 heavy (non-hydrogen) atoms. The highest BCUT2D eigenvalue weighted by Gasteiger charge is 2.20. The summed E-state index contributed by atoms with van der Waals surface area (Å²) in [4.78, 5) is 4.51. The lowest BCUT2D eigenvalue weighted by atomic mass is 10.1. The van der Waals surface area contributed by atoms with Gasteiger partial charge in [-0.25, -0.2) is 4.98 Å². The molecular weight excluding hydrogens is 258 g/mol. The van der Waals surface area contributed by atoms with Gasteiger partial charge in [0.2, 0.25) is 0 Å². The summed E-state index contributed by atoms with van der Waals surface area (Å²) in [5.41, 5.74) is 6.07. The molecule has 0 radical (unpaired) electrons. The zero-order chi connectivity index (χ0) is 14.2. The van der Waals surface area contributed by atoms with Crippen molar-refractivity contribution in [3.63, 3.8) is 0 Å². The van der Waals surface area contributed by atoms with E-state index in [9.17, 15) is 0 Å². The molecule has 0 atom stereocenters. The third-order valence-electron chi connectivity index (χ3n) is 4.11. The number of aryl methyl sites for hydroxylation is 1. The lowest BCUT2D eigenvalue weighted by Crippen LogP contribution is -2.17. The fourth-order valence-electron chi connectivity index (χ4n) is 2.78. The Hall–Kier alpha value is -2.13. The number of nitrogens with zero attached hydrogens (tertiary/aromatic N) is 2. The molecule has 0 saturated heterocycles. The predicted molar refractivity (Wildman–Crippen MR) is 85.7 cm³/mol. The van der Waals surface area contributed by atoms with E-state index in [-0.39, 0.29) is 0 Å². The zero-order valence-electron chi connectivity index (χ0n) is 12.2. The van der Waals surface area contributed by atoms with Crippen LogP contribution in [0, 0.1) is 6.92 Å². The van der Waals surface area contributed by atoms with Gasteiger partial charge in [-0.3, -0.25) is 4.57 Å². The Morgan fingerprint density at radius 2 is 2.05 bits per heavy atom. The normalized spacial score (nSPS) is 14.7. The molecule has 0 aliphatic heterocycles. The molecule has 1 aliphatic rings. The summed E-state index contributed by atoms with van der Waals surface area (Å²) in [6.07, 6.45) is 4.56. The minimum atomic E-state index is 0.720. The first-order chi connectivity index (χ1) is 10.3. The van der Waals surface area contributed by atoms with E-state index in [1.807, 2.05) is 12.4 Å². The highest BCUT2D eigenvalue weighted by atomic mass is 15.1. The van der Waals surface area contributed by atoms with Crippen LogP contribution in [0.25, 0.3) is 16.7 Å². The molecule has 4 rings (SSSR count). The Labute approximate surface area is 124 Å². The van der Waals surface area contributed by atoms with Gasteiger partial charge in [0.05, 0.1) is 16.7 Å². The molecule has 3 nitrogen and oxygen atoms in total. The van der Waals surface area contributed by atoms with Crippen LogP contribution >= 0.6 is 0 Å². The number of aromatic nitrogens is 2. The van der Waals surface area contributed by atoms with Crippen LogP contribution in [0.15, 0.2) is 48.8 Å². The summed E-state index contributed by atoms with van der Waals surface area (Å²) in [5, 5.41) is 3.62. The summed E-state index contributed by atoms with van der Waals surface area (Å²) < 4.78 is 2.19. The number of nitrogens with one attached hydrogen (secondary N) is 1. The molecule has 106 valence electrons. The van der Waals surface area contributed by atoms with E-state index in [0.29, 0.717) is 0 Å². The molecule has 1 fully saturated rings. The molecule has 1 aromatic heterocycles. The summed E-state index contributed by atoms with van der Waals surface area (Å²) in [7, 11) is 0. The largest absolute Gasteiger partial charge is 0.310 e. The van der Waals surface area contributed by atoms with Crippen LogP contribution in [0.1, 0.15) is 24.0 Å². The number of hydrogen-bond acceptors (Lipinski definition) is 2. The van der Waals surface area contributed by atoms with Crippen LogP contribution in [-0.2, 0) is 6.54 Å². The lowest BCUT2D eigenvalue weighted by Gasteiger charge is -2.13. The standard InChI is InChI=1S/C18H19N3/c1-13-6-9-17(14(10-13)11-19-15-7-8-15)21-12-20-16-4-2-3-5-18(16)21/h2-6,9-10,12,15,19H,7-8,11H2,1H3. The van der Waals surface area contributed by atoms with Crippen LogP contribution in [0.2, 0.25) is 0 Å². The van der Waals surface area contributed by atoms with E-state index >= 15 is 0 Å². The van der Waals surface area contributed by atoms with Crippen molar-refractivity contribution in [1.82, 2.24) is 14.9 Å². The average molecular weight is 277 g/mol. The Morgan fingerprint density at radius 1 is 1.19 bits per heavy atom. The van der Waals surface area contributed by atoms with Crippen molar-refractivity contribution in [2.45, 2.75) is 32.4 Å². The Kier molecular flexibility index (Phi) is 3.00. The summed E-state index contributed by atoms with van der Waals surface area (Å²) in [5.74, 6) is 0. The fourth-order valence-corrected chi connectivity index (χ4v) is 2.78. The van der Waals surface area contributed by atoms with Crippen molar-refractivity contribution in [3.8, 4) is 5.69 Å². The third-order valence-corrected chi connectivity index (χ3v) is 4.11. The fraction of sp³-hybridized carbons (Fsp3) is 0.278. The molecule has 1 N–H and O–H groups in total. The summed E-state index contributed by atoms with van der Waals surface area (Å²) in [6, 6.07) is 15.7. The first-order valence-electron chi connectivity index (χ1n) is 7.56. The van der Waals surface area contributed by atoms with Crippen molar-refractivity contribution in [1.29, 1.82) is 0 Å². The second-order valence-electron chi connectivity index (χ2n) is 5.89. The van der Waals surface area contributed by atoms with Gasteiger partial charge >= 0.3 is 0 Å². The Bertz CT molecular complexity index is 784. The molecule has 3 aromatic rings. The molecule has 1 heterocycles. The van der Waals surface area contributed by atoms with Crippen molar-refractivity contribution < 1.29 is 0 Å². The van der Waals surface area contributed by atoms with Crippen molar-refractivity contribution in [2.24, 2.45) is 0 Å². The van der Waals surface area contributed by atoms with Gasteiger partial charge in [-0.1, -0.05) is 29.8 Å². The second kappa shape index (κ2) is 5.01. The number of rotatable bonds is 4. The van der Waals surface area contributed by atoms with E-state index < -0.39 is 0 Å². The molecule has 3 heteroatoms. The van der Waals surface area contributed by atoms with Crippen molar-refractivity contribution >= 4 is 11.0 Å². The van der Waals surface area contributed by atoms with Gasteiger partial charge < -0.3 is 5.32 Å². The first-order valence-corrected chi connectivity index (χ1v) is 7.56. The smallest absolute Gasteiger partial charge is 0.100 e. The van der Waals surface area contributed by atoms with E-state index in [1.165, 1.54) is 29.7 Å². The Balaban J connectivity index is 1.79. The third kappa shape index (κ3) is 2.45. The summed E-state index contributed by atoms with van der Waals surface area (Å²) >= 11 is 0. The van der Waals surface area contributed by atoms with E-state index in [0.717, 1.165) is 23.6 Å². The molecular formula is C18H19N3. The van der Waals surface area contributed by atoms with Gasteiger partial charge in [-0.2, -0.15) is 0 Å². The van der Waals surface area contributed by atoms with Gasteiger partial charge in [0.25, 0.3) is 0 Å². The SMILES string of the molecule is Cc1ccc(-n2cnc3ccccc32)c(CNC2CC2)c1. The van der Waals surface area contributed by atoms with Gasteiger partial charge in [-0.15, -0.1) is 0 Å². The van der Waals surface area contributed by atoms with Crippen molar-refractivity contribution in [3.05, 3.63) is 59.9 Å². The highest BCUT2D eigenvalue weighted by Crippen LogP contribution is 2.24. The maximum atomic E-state index is 4.51. The van der Waals surface area contributed by atoms with Crippen LogP contribution in [-0.4, -0.2) is 15.6 Å². The molecule has 0 spiro atoms. The average Bonchev–Trinajstić information content (AvgIpc) is 3.24. The van der Waals surface area contributed by atoms with Gasteiger partial charge in [0.15, 0.2) is 0 Å². The topological polar surface area (TPSA) is 29.9 Å². The predicted octanol–water partition coefficient (Wildman–Crippen LogP) is 3.59. The molecule has 1 saturated carbocycles. The number of hydrogen-bond donors (Lipinski definition) is 1. The number of fused-ring (bicyclic) bond motifs is 1. The minimum absolute atomic E-state index is 0.720. The van der Waals surface area contributed by atoms with Crippen LogP contribution in [0.3, 0.4) is 0 Å². The highest BCUT2D eigenvalue weighted by molar-refractivity contribution is 5.77. The van der Waals surface area contributed by atoms with Crippen LogP contribution in [0.5, 0.6) is 0 Å². The van der Waals surface area contributed by atoms with Crippen LogP contribution in [0.4, 0.5) is 0 Å². The van der Waals surface area contributed by atoms with Gasteiger partial charge in [0.1, 0.15) is 6.33 Å². The van der Waals surface area contributed by atoms with E-state index in [1.54, 1.807) is 0 Å². The van der Waals surface area contributed by atoms with Gasteiger partial charge in [0, 0.05) is 12.6 Å². The maximum Gasteiger partial charge on any atom is 0.100 e. The second-order valence-corrected chi connectivity index (χ2v) is 5.89. The van der Waals surface area contributed by atoms with E-state index in [2.05, 4.69) is 58.2 Å². The van der Waals surface area contributed by atoms with Crippen LogP contribution < -0.4 is 5.32 Å². The molecule has 2 aromatic carbocycles. The number of imidazole rings is 1. The maximum absolute atomic E-state index is 4.51. The van der Waals surface area contributed by atoms with E-state index in [4.69, 9.17) is 0 Å². The Morgan fingerprint density at radius 3 is 2.90 bits per heavy atom. The monoisotopic (exact) mass is 277 g/mol. The molecule has 0 unspecified atom stereocenters. The molecule has 0 bridgehead atoms. The quantitative estimate of drug-likeness (QED) is 0.790. The summed E-state index contributed by atoms with van der Waals surface area (Å²) in [6.45, 7) is 3.07. The minimum Gasteiger partial charge on any atom is -0.310 e. The number of para-hydroxylation sites is 2. The molecule has 0 amide bonds. The lowest BCUT2D eigenvalue weighted by molar-refractivity contribution is 0.684. The molecule has 1 aliphatic carbocycles. The number of benzene rings is 2. The van der Waals surface area contributed by atoms with Crippen molar-refractivity contribution in [2.75, 3.05) is 0 Å². The first kappa shape index (κ1) is 12.6.